The molecule has 12 heavy (non-hydrogen) atoms. The van der Waals surface area contributed by atoms with Crippen LogP contribution >= 0.6 is 0 Å². The Kier molecular flexibility index (Phi) is 3.29. The van der Waals surface area contributed by atoms with Crippen molar-refractivity contribution in [2.45, 2.75) is 39.3 Å². The number of imidazole rings is 1. The third kappa shape index (κ3) is 2.08. The molecule has 0 amide bonds. The van der Waals surface area contributed by atoms with Crippen molar-refractivity contribution in [3.8, 4) is 0 Å². The highest BCUT2D eigenvalue weighted by Gasteiger charge is 2.03. The molecule has 0 aromatic carbocycles. The van der Waals surface area contributed by atoms with Crippen LogP contribution in [0.5, 0.6) is 0 Å². The van der Waals surface area contributed by atoms with Crippen molar-refractivity contribution in [3.63, 3.8) is 0 Å². The van der Waals surface area contributed by atoms with E-state index in [9.17, 15) is 0 Å². The van der Waals surface area contributed by atoms with Crippen molar-refractivity contribution in [3.05, 3.63) is 18.2 Å². The van der Waals surface area contributed by atoms with E-state index in [1.807, 2.05) is 12.5 Å². The van der Waals surface area contributed by atoms with E-state index in [0.29, 0.717) is 12.6 Å². The highest BCUT2D eigenvalue weighted by molar-refractivity contribution is 4.96. The summed E-state index contributed by atoms with van der Waals surface area (Å²) in [6.07, 6.45) is 6.29. The molecule has 1 rings (SSSR count). The van der Waals surface area contributed by atoms with Gasteiger partial charge >= 0.3 is 0 Å². The number of hydrogen-bond acceptors (Lipinski definition) is 2. The van der Waals surface area contributed by atoms with E-state index in [4.69, 9.17) is 5.73 Å². The predicted molar refractivity (Wildman–Crippen MR) is 49.7 cm³/mol. The minimum Gasteiger partial charge on any atom is -0.334 e. The molecule has 68 valence electrons. The summed E-state index contributed by atoms with van der Waals surface area (Å²) in [6.45, 7) is 4.93. The average molecular weight is 167 g/mol. The van der Waals surface area contributed by atoms with Crippen molar-refractivity contribution in [1.29, 1.82) is 0 Å². The summed E-state index contributed by atoms with van der Waals surface area (Å²) < 4.78 is 2.13. The lowest BCUT2D eigenvalue weighted by Crippen LogP contribution is -2.02. The molecule has 0 radical (unpaired) electrons. The Bertz CT molecular complexity index is 229. The quantitative estimate of drug-likeness (QED) is 0.741. The normalized spacial score (nSPS) is 13.2. The summed E-state index contributed by atoms with van der Waals surface area (Å²) in [5.41, 5.74) is 6.43. The van der Waals surface area contributed by atoms with Crippen LogP contribution in [0.4, 0.5) is 0 Å². The van der Waals surface area contributed by atoms with E-state index in [2.05, 4.69) is 23.4 Å². The molecular formula is C9H17N3. The predicted octanol–water partition coefficient (Wildman–Crippen LogP) is 1.70. The van der Waals surface area contributed by atoms with Crippen LogP contribution in [0.1, 0.15) is 38.4 Å². The molecule has 0 saturated heterocycles. The Balaban J connectivity index is 2.61. The van der Waals surface area contributed by atoms with Crippen LogP contribution in [0.2, 0.25) is 0 Å². The summed E-state index contributed by atoms with van der Waals surface area (Å²) in [5, 5.41) is 0. The van der Waals surface area contributed by atoms with Crippen molar-refractivity contribution in [2.75, 3.05) is 0 Å². The number of hydrogen-bond donors (Lipinski definition) is 1. The van der Waals surface area contributed by atoms with Gasteiger partial charge in [-0.1, -0.05) is 13.3 Å². The number of nitrogens with zero attached hydrogens (tertiary/aromatic N) is 2. The lowest BCUT2D eigenvalue weighted by molar-refractivity contribution is 0.500. The van der Waals surface area contributed by atoms with E-state index < -0.39 is 0 Å². The van der Waals surface area contributed by atoms with Gasteiger partial charge in [-0.25, -0.2) is 4.98 Å². The first kappa shape index (κ1) is 9.26. The van der Waals surface area contributed by atoms with Gasteiger partial charge in [0.25, 0.3) is 0 Å². The van der Waals surface area contributed by atoms with E-state index >= 15 is 0 Å². The average Bonchev–Trinajstić information content (AvgIpc) is 2.52. The van der Waals surface area contributed by atoms with Crippen LogP contribution < -0.4 is 5.73 Å². The monoisotopic (exact) mass is 167 g/mol. The first-order valence-electron chi connectivity index (χ1n) is 4.50. The van der Waals surface area contributed by atoms with E-state index in [-0.39, 0.29) is 0 Å². The lowest BCUT2D eigenvalue weighted by atomic mass is 10.2. The summed E-state index contributed by atoms with van der Waals surface area (Å²) in [5.74, 6) is 0. The standard InChI is InChI=1S/C9H17N3/c1-3-4-8(2)12-6-9(5-10)11-7-12/h6-8H,3-5,10H2,1-2H3. The maximum atomic E-state index is 5.46. The highest BCUT2D eigenvalue weighted by atomic mass is 15.1. The first-order chi connectivity index (χ1) is 5.77. The maximum Gasteiger partial charge on any atom is 0.0952 e. The van der Waals surface area contributed by atoms with Crippen LogP contribution in [0, 0.1) is 0 Å². The molecule has 0 aliphatic rings. The third-order valence-electron chi connectivity index (χ3n) is 2.08. The fraction of sp³-hybridized carbons (Fsp3) is 0.667. The molecule has 1 aromatic rings. The molecule has 1 aromatic heterocycles. The van der Waals surface area contributed by atoms with Gasteiger partial charge in [0.05, 0.1) is 12.0 Å². The van der Waals surface area contributed by atoms with Crippen LogP contribution in [0.3, 0.4) is 0 Å². The van der Waals surface area contributed by atoms with Gasteiger partial charge < -0.3 is 10.3 Å². The highest BCUT2D eigenvalue weighted by Crippen LogP contribution is 2.12. The zero-order valence-corrected chi connectivity index (χ0v) is 7.83. The molecule has 0 spiro atoms. The summed E-state index contributed by atoms with van der Waals surface area (Å²) in [4.78, 5) is 4.18. The van der Waals surface area contributed by atoms with E-state index in [1.54, 1.807) is 0 Å². The van der Waals surface area contributed by atoms with Crippen LogP contribution in [-0.2, 0) is 6.54 Å². The second kappa shape index (κ2) is 4.26. The Hall–Kier alpha value is -0.830. The third-order valence-corrected chi connectivity index (χ3v) is 2.08. The van der Waals surface area contributed by atoms with E-state index in [1.165, 1.54) is 12.8 Å². The molecule has 1 unspecified atom stereocenters. The van der Waals surface area contributed by atoms with Gasteiger partial charge in [-0.2, -0.15) is 0 Å². The minimum absolute atomic E-state index is 0.534. The Morgan fingerprint density at radius 3 is 2.92 bits per heavy atom. The fourth-order valence-corrected chi connectivity index (χ4v) is 1.29. The molecular weight excluding hydrogens is 150 g/mol. The number of rotatable bonds is 4. The van der Waals surface area contributed by atoms with Crippen LogP contribution in [-0.4, -0.2) is 9.55 Å². The summed E-state index contributed by atoms with van der Waals surface area (Å²) >= 11 is 0. The number of aromatic nitrogens is 2. The molecule has 2 N–H and O–H groups in total. The maximum absolute atomic E-state index is 5.46. The molecule has 0 fully saturated rings. The smallest absolute Gasteiger partial charge is 0.0952 e. The van der Waals surface area contributed by atoms with Gasteiger partial charge in [0, 0.05) is 18.8 Å². The zero-order chi connectivity index (χ0) is 8.97. The Morgan fingerprint density at radius 2 is 2.42 bits per heavy atom. The van der Waals surface area contributed by atoms with Gasteiger partial charge in [0.2, 0.25) is 0 Å². The van der Waals surface area contributed by atoms with Gasteiger partial charge in [0.15, 0.2) is 0 Å². The largest absolute Gasteiger partial charge is 0.334 e. The second-order valence-corrected chi connectivity index (χ2v) is 3.15. The lowest BCUT2D eigenvalue weighted by Gasteiger charge is -2.10. The molecule has 0 saturated carbocycles. The molecule has 1 atom stereocenters. The second-order valence-electron chi connectivity index (χ2n) is 3.15. The van der Waals surface area contributed by atoms with Crippen molar-refractivity contribution in [2.24, 2.45) is 5.73 Å². The SMILES string of the molecule is CCCC(C)n1cnc(CN)c1. The first-order valence-corrected chi connectivity index (χ1v) is 4.50. The Morgan fingerprint density at radius 1 is 1.67 bits per heavy atom. The molecule has 3 heteroatoms. The van der Waals surface area contributed by atoms with Crippen LogP contribution in [0.15, 0.2) is 12.5 Å². The van der Waals surface area contributed by atoms with Crippen LogP contribution in [0.25, 0.3) is 0 Å². The van der Waals surface area contributed by atoms with Crippen molar-refractivity contribution in [1.82, 2.24) is 9.55 Å². The summed E-state index contributed by atoms with van der Waals surface area (Å²) in [7, 11) is 0. The van der Waals surface area contributed by atoms with Gasteiger partial charge in [0.1, 0.15) is 0 Å². The van der Waals surface area contributed by atoms with E-state index in [0.717, 1.165) is 5.69 Å². The molecule has 0 aliphatic carbocycles. The van der Waals surface area contributed by atoms with Gasteiger partial charge in [-0.3, -0.25) is 0 Å². The topological polar surface area (TPSA) is 43.8 Å². The van der Waals surface area contributed by atoms with Crippen molar-refractivity contribution >= 4 is 0 Å². The molecule has 3 nitrogen and oxygen atoms in total. The number of nitrogens with two attached hydrogens (primary N) is 1. The fourth-order valence-electron chi connectivity index (χ4n) is 1.29. The molecule has 0 aliphatic heterocycles. The Labute approximate surface area is 73.6 Å². The minimum atomic E-state index is 0.534. The van der Waals surface area contributed by atoms with Gasteiger partial charge in [-0.05, 0) is 13.3 Å². The summed E-state index contributed by atoms with van der Waals surface area (Å²) in [6, 6.07) is 0.544. The molecule has 1 heterocycles. The van der Waals surface area contributed by atoms with Crippen molar-refractivity contribution < 1.29 is 0 Å². The van der Waals surface area contributed by atoms with Gasteiger partial charge in [-0.15, -0.1) is 0 Å². The zero-order valence-electron chi connectivity index (χ0n) is 7.83. The molecule has 0 bridgehead atoms.